The number of hydrogen-bond donors (Lipinski definition) is 1. The molecule has 0 radical (unpaired) electrons. The molecule has 1 fully saturated rings. The average molecular weight is 244 g/mol. The topological polar surface area (TPSA) is 62.5 Å². The fourth-order valence-electron chi connectivity index (χ4n) is 1.87. The highest BCUT2D eigenvalue weighted by atomic mass is 16.5. The van der Waals surface area contributed by atoms with Gasteiger partial charge in [0.25, 0.3) is 0 Å². The summed E-state index contributed by atoms with van der Waals surface area (Å²) in [6, 6.07) is 9.48. The smallest absolute Gasteiger partial charge is 0.434 e. The molecule has 0 aliphatic heterocycles. The Labute approximate surface area is 106 Å². The molecule has 0 saturated heterocycles. The van der Waals surface area contributed by atoms with E-state index in [9.17, 15) is 4.79 Å². The lowest BCUT2D eigenvalue weighted by molar-refractivity contribution is 0.151. The number of carbonyl (C=O) groups excluding carboxylic acids is 1. The second kappa shape index (κ2) is 6.10. The van der Waals surface area contributed by atoms with Crippen LogP contribution in [-0.4, -0.2) is 17.5 Å². The molecule has 1 aromatic rings. The van der Waals surface area contributed by atoms with Gasteiger partial charge in [0.15, 0.2) is 0 Å². The Bertz CT molecular complexity index is 466. The maximum Gasteiger partial charge on any atom is 0.434 e. The van der Waals surface area contributed by atoms with Crippen LogP contribution in [0.25, 0.3) is 0 Å². The second-order valence-corrected chi connectivity index (χ2v) is 4.28. The zero-order valence-corrected chi connectivity index (χ0v) is 10.2. The summed E-state index contributed by atoms with van der Waals surface area (Å²) in [5, 5.41) is 7.70. The molecular weight excluding hydrogens is 228 g/mol. The predicted molar refractivity (Wildman–Crippen MR) is 70.3 cm³/mol. The number of benzene rings is 1. The van der Waals surface area contributed by atoms with Crippen molar-refractivity contribution in [3.63, 3.8) is 0 Å². The van der Waals surface area contributed by atoms with Crippen molar-refractivity contribution in [2.75, 3.05) is 0 Å². The van der Waals surface area contributed by atoms with E-state index in [1.54, 1.807) is 0 Å². The summed E-state index contributed by atoms with van der Waals surface area (Å²) in [6.45, 7) is 0.226. The van der Waals surface area contributed by atoms with Crippen molar-refractivity contribution in [3.8, 4) is 0 Å². The number of nitrogens with one attached hydrogen (secondary N) is 1. The number of hydrogen-bond acceptors (Lipinski definition) is 3. The number of carbonyl (C=O) groups is 1. The first kappa shape index (κ1) is 12.5. The molecule has 1 N–H and O–H groups in total. The standard InChI is InChI=1S/C14H16N2O2/c15-12-8-4-5-9-13(12)16-14(17)18-10-11-6-2-1-3-7-11/h1-3,6-7,15H,4-5,8-10H2. The van der Waals surface area contributed by atoms with Gasteiger partial charge in [-0.15, -0.1) is 0 Å². The third kappa shape index (κ3) is 3.52. The van der Waals surface area contributed by atoms with E-state index in [2.05, 4.69) is 4.99 Å². The van der Waals surface area contributed by atoms with Crippen LogP contribution < -0.4 is 0 Å². The lowest BCUT2D eigenvalue weighted by Crippen LogP contribution is -2.19. The molecule has 0 aromatic heterocycles. The van der Waals surface area contributed by atoms with Crippen LogP contribution in [0.1, 0.15) is 31.2 Å². The average Bonchev–Trinajstić information content (AvgIpc) is 2.40. The van der Waals surface area contributed by atoms with Crippen LogP contribution >= 0.6 is 0 Å². The van der Waals surface area contributed by atoms with Crippen molar-refractivity contribution in [3.05, 3.63) is 35.9 Å². The molecule has 0 spiro atoms. The van der Waals surface area contributed by atoms with Crippen LogP contribution in [-0.2, 0) is 11.3 Å². The van der Waals surface area contributed by atoms with E-state index in [0.29, 0.717) is 24.3 Å². The van der Waals surface area contributed by atoms with Crippen LogP contribution in [0.3, 0.4) is 0 Å². The van der Waals surface area contributed by atoms with Crippen LogP contribution in [0.5, 0.6) is 0 Å². The van der Waals surface area contributed by atoms with Gasteiger partial charge < -0.3 is 10.1 Å². The van der Waals surface area contributed by atoms with Gasteiger partial charge in [-0.2, -0.15) is 4.99 Å². The first-order valence-electron chi connectivity index (χ1n) is 6.12. The van der Waals surface area contributed by atoms with Crippen molar-refractivity contribution in [2.24, 2.45) is 4.99 Å². The Kier molecular flexibility index (Phi) is 4.23. The summed E-state index contributed by atoms with van der Waals surface area (Å²) in [5.74, 6) is 0. The fraction of sp³-hybridized carbons (Fsp3) is 0.357. The van der Waals surface area contributed by atoms with Crippen LogP contribution in [0, 0.1) is 5.41 Å². The minimum Gasteiger partial charge on any atom is -0.443 e. The summed E-state index contributed by atoms with van der Waals surface area (Å²) >= 11 is 0. The van der Waals surface area contributed by atoms with E-state index in [1.165, 1.54) is 0 Å². The highest BCUT2D eigenvalue weighted by Gasteiger charge is 2.15. The number of nitrogens with zero attached hydrogens (tertiary/aromatic N) is 1. The Balaban J connectivity index is 1.88. The minimum absolute atomic E-state index is 0.226. The molecule has 94 valence electrons. The van der Waals surface area contributed by atoms with Crippen LogP contribution in [0.2, 0.25) is 0 Å². The molecule has 1 saturated carbocycles. The first-order chi connectivity index (χ1) is 8.75. The van der Waals surface area contributed by atoms with E-state index in [0.717, 1.165) is 18.4 Å². The molecule has 0 unspecified atom stereocenters. The zero-order valence-electron chi connectivity index (χ0n) is 10.2. The number of ether oxygens (including phenoxy) is 1. The Morgan fingerprint density at radius 3 is 2.67 bits per heavy atom. The molecule has 4 heteroatoms. The first-order valence-corrected chi connectivity index (χ1v) is 6.12. The van der Waals surface area contributed by atoms with Crippen LogP contribution in [0.15, 0.2) is 35.3 Å². The molecule has 1 amide bonds. The Morgan fingerprint density at radius 2 is 1.94 bits per heavy atom. The summed E-state index contributed by atoms with van der Waals surface area (Å²) < 4.78 is 5.06. The fourth-order valence-corrected chi connectivity index (χ4v) is 1.87. The SMILES string of the molecule is N=C1CCCCC1=NC(=O)OCc1ccccc1. The van der Waals surface area contributed by atoms with Crippen LogP contribution in [0.4, 0.5) is 4.79 Å². The van der Waals surface area contributed by atoms with Gasteiger partial charge >= 0.3 is 6.09 Å². The highest BCUT2D eigenvalue weighted by molar-refractivity contribution is 6.42. The van der Waals surface area contributed by atoms with E-state index >= 15 is 0 Å². The summed E-state index contributed by atoms with van der Waals surface area (Å²) in [7, 11) is 0. The minimum atomic E-state index is -0.597. The van der Waals surface area contributed by atoms with E-state index in [4.69, 9.17) is 10.1 Å². The molecular formula is C14H16N2O2. The van der Waals surface area contributed by atoms with Gasteiger partial charge in [0.1, 0.15) is 6.61 Å². The monoisotopic (exact) mass is 244 g/mol. The molecule has 4 nitrogen and oxygen atoms in total. The molecule has 2 rings (SSSR count). The second-order valence-electron chi connectivity index (χ2n) is 4.28. The highest BCUT2D eigenvalue weighted by Crippen LogP contribution is 2.13. The van der Waals surface area contributed by atoms with Gasteiger partial charge in [0.05, 0.1) is 11.4 Å². The molecule has 0 heterocycles. The molecule has 18 heavy (non-hydrogen) atoms. The van der Waals surface area contributed by atoms with Gasteiger partial charge in [0.2, 0.25) is 0 Å². The molecule has 1 aliphatic carbocycles. The van der Waals surface area contributed by atoms with Gasteiger partial charge in [-0.1, -0.05) is 30.3 Å². The number of aliphatic imine (C=N–C) groups is 1. The summed E-state index contributed by atoms with van der Waals surface area (Å²) in [5.41, 5.74) is 1.99. The normalized spacial score (nSPS) is 17.8. The third-order valence-electron chi connectivity index (χ3n) is 2.87. The van der Waals surface area contributed by atoms with Crippen molar-refractivity contribution in [1.82, 2.24) is 0 Å². The predicted octanol–water partition coefficient (Wildman–Crippen LogP) is 3.36. The number of rotatable bonds is 2. The van der Waals surface area contributed by atoms with Gasteiger partial charge in [-0.05, 0) is 31.2 Å². The van der Waals surface area contributed by atoms with Gasteiger partial charge in [-0.3, -0.25) is 0 Å². The summed E-state index contributed by atoms with van der Waals surface area (Å²) in [6.07, 6.45) is 2.83. The molecule has 1 aromatic carbocycles. The Morgan fingerprint density at radius 1 is 1.22 bits per heavy atom. The van der Waals surface area contributed by atoms with Gasteiger partial charge in [-0.25, -0.2) is 4.79 Å². The van der Waals surface area contributed by atoms with E-state index in [1.807, 2.05) is 30.3 Å². The Hall–Kier alpha value is -1.97. The van der Waals surface area contributed by atoms with E-state index < -0.39 is 6.09 Å². The lowest BCUT2D eigenvalue weighted by atomic mass is 9.96. The van der Waals surface area contributed by atoms with Crippen molar-refractivity contribution < 1.29 is 9.53 Å². The molecule has 0 bridgehead atoms. The lowest BCUT2D eigenvalue weighted by Gasteiger charge is -2.13. The zero-order chi connectivity index (χ0) is 12.8. The molecule has 1 aliphatic rings. The van der Waals surface area contributed by atoms with E-state index in [-0.39, 0.29) is 6.61 Å². The third-order valence-corrected chi connectivity index (χ3v) is 2.87. The maximum atomic E-state index is 11.5. The number of amides is 1. The van der Waals surface area contributed by atoms with Crippen molar-refractivity contribution >= 4 is 17.5 Å². The largest absolute Gasteiger partial charge is 0.443 e. The van der Waals surface area contributed by atoms with Crippen molar-refractivity contribution in [1.29, 1.82) is 5.41 Å². The summed E-state index contributed by atoms with van der Waals surface area (Å²) in [4.78, 5) is 15.4. The van der Waals surface area contributed by atoms with Crippen molar-refractivity contribution in [2.45, 2.75) is 32.3 Å². The maximum absolute atomic E-state index is 11.5. The molecule has 0 atom stereocenters. The quantitative estimate of drug-likeness (QED) is 0.867. The van der Waals surface area contributed by atoms with Gasteiger partial charge in [0, 0.05) is 0 Å².